The number of rotatable bonds is 3. The number of benzene rings is 1. The molecule has 1 aromatic carbocycles. The summed E-state index contributed by atoms with van der Waals surface area (Å²) < 4.78 is 5.87. The fourth-order valence-electron chi connectivity index (χ4n) is 3.77. The molecule has 110 valence electrons. The predicted octanol–water partition coefficient (Wildman–Crippen LogP) is 2.54. The van der Waals surface area contributed by atoms with Gasteiger partial charge in [-0.2, -0.15) is 0 Å². The van der Waals surface area contributed by atoms with Crippen molar-refractivity contribution in [1.29, 1.82) is 0 Å². The highest BCUT2D eigenvalue weighted by molar-refractivity contribution is 5.55. The fourth-order valence-corrected chi connectivity index (χ4v) is 3.77. The summed E-state index contributed by atoms with van der Waals surface area (Å²) in [7, 11) is 0. The van der Waals surface area contributed by atoms with Crippen LogP contribution in [-0.4, -0.2) is 34.2 Å². The van der Waals surface area contributed by atoms with Crippen molar-refractivity contribution in [1.82, 2.24) is 9.88 Å². The number of aliphatic hydroxyl groups is 1. The Morgan fingerprint density at radius 3 is 2.86 bits per heavy atom. The minimum atomic E-state index is -0.107. The molecule has 1 saturated carbocycles. The molecule has 1 N–H and O–H groups in total. The van der Waals surface area contributed by atoms with E-state index in [-0.39, 0.29) is 6.10 Å². The molecule has 1 saturated heterocycles. The number of aliphatic hydroxyl groups excluding tert-OH is 1. The van der Waals surface area contributed by atoms with Crippen molar-refractivity contribution in [3.63, 3.8) is 0 Å². The van der Waals surface area contributed by atoms with Crippen LogP contribution >= 0.6 is 0 Å². The molecule has 2 fully saturated rings. The molecule has 0 spiro atoms. The molecular weight excluding hydrogens is 264 g/mol. The first-order chi connectivity index (χ1) is 10.3. The molecule has 21 heavy (non-hydrogen) atoms. The van der Waals surface area contributed by atoms with Gasteiger partial charge in [-0.15, -0.1) is 0 Å². The van der Waals surface area contributed by atoms with Crippen LogP contribution in [0, 0.1) is 11.8 Å². The van der Waals surface area contributed by atoms with E-state index in [1.807, 2.05) is 30.3 Å². The molecule has 4 nitrogen and oxygen atoms in total. The first-order valence-corrected chi connectivity index (χ1v) is 7.70. The minimum absolute atomic E-state index is 0.107. The lowest BCUT2D eigenvalue weighted by Gasteiger charge is -2.15. The molecule has 0 bridgehead atoms. The Morgan fingerprint density at radius 2 is 2.05 bits per heavy atom. The van der Waals surface area contributed by atoms with E-state index >= 15 is 0 Å². The van der Waals surface area contributed by atoms with E-state index in [0.717, 1.165) is 49.7 Å². The van der Waals surface area contributed by atoms with E-state index in [0.29, 0.717) is 11.8 Å². The van der Waals surface area contributed by atoms with E-state index in [1.54, 1.807) is 6.20 Å². The van der Waals surface area contributed by atoms with E-state index in [1.165, 1.54) is 0 Å². The van der Waals surface area contributed by atoms with Gasteiger partial charge >= 0.3 is 0 Å². The lowest BCUT2D eigenvalue weighted by atomic mass is 10.00. The van der Waals surface area contributed by atoms with Crippen molar-refractivity contribution in [3.8, 4) is 11.3 Å². The summed E-state index contributed by atoms with van der Waals surface area (Å²) >= 11 is 0. The molecular formula is C17H20N2O2. The number of nitrogens with zero attached hydrogens (tertiary/aromatic N) is 2. The molecule has 3 unspecified atom stereocenters. The van der Waals surface area contributed by atoms with Crippen LogP contribution in [0.3, 0.4) is 0 Å². The zero-order valence-corrected chi connectivity index (χ0v) is 12.0. The molecule has 4 rings (SSSR count). The highest BCUT2D eigenvalue weighted by Gasteiger charge is 2.41. The highest BCUT2D eigenvalue weighted by atomic mass is 16.4. The van der Waals surface area contributed by atoms with Gasteiger partial charge in [0.05, 0.1) is 18.8 Å². The average Bonchev–Trinajstić information content (AvgIpc) is 3.19. The second-order valence-electron chi connectivity index (χ2n) is 6.25. The highest BCUT2D eigenvalue weighted by Crippen LogP contribution is 2.38. The Labute approximate surface area is 124 Å². The molecule has 2 heterocycles. The van der Waals surface area contributed by atoms with Gasteiger partial charge in [0, 0.05) is 24.6 Å². The van der Waals surface area contributed by atoms with Gasteiger partial charge in [0.1, 0.15) is 0 Å². The third-order valence-corrected chi connectivity index (χ3v) is 4.87. The van der Waals surface area contributed by atoms with Crippen molar-refractivity contribution >= 4 is 0 Å². The average molecular weight is 284 g/mol. The Bertz CT molecular complexity index is 610. The number of oxazole rings is 1. The van der Waals surface area contributed by atoms with Crippen LogP contribution in [0.1, 0.15) is 18.7 Å². The van der Waals surface area contributed by atoms with Gasteiger partial charge in [0.25, 0.3) is 0 Å². The predicted molar refractivity (Wildman–Crippen MR) is 79.4 cm³/mol. The van der Waals surface area contributed by atoms with Crippen molar-refractivity contribution in [2.75, 3.05) is 13.1 Å². The van der Waals surface area contributed by atoms with Crippen molar-refractivity contribution in [3.05, 3.63) is 42.4 Å². The zero-order chi connectivity index (χ0) is 14.2. The number of hydrogen-bond donors (Lipinski definition) is 1. The summed E-state index contributed by atoms with van der Waals surface area (Å²) in [5.74, 6) is 2.70. The molecule has 4 heteroatoms. The Kier molecular flexibility index (Phi) is 3.28. The third kappa shape index (κ3) is 2.49. The number of hydrogen-bond acceptors (Lipinski definition) is 4. The summed E-state index contributed by atoms with van der Waals surface area (Å²) in [6.07, 6.45) is 3.82. The van der Waals surface area contributed by atoms with Crippen LogP contribution in [0.2, 0.25) is 0 Å². The van der Waals surface area contributed by atoms with Crippen molar-refractivity contribution in [2.24, 2.45) is 11.8 Å². The smallest absolute Gasteiger partial charge is 0.209 e. The molecule has 1 aromatic heterocycles. The third-order valence-electron chi connectivity index (χ3n) is 4.87. The fraction of sp³-hybridized carbons (Fsp3) is 0.471. The molecule has 0 radical (unpaired) electrons. The zero-order valence-electron chi connectivity index (χ0n) is 12.0. The largest absolute Gasteiger partial charge is 0.439 e. The van der Waals surface area contributed by atoms with Gasteiger partial charge in [-0.1, -0.05) is 30.3 Å². The monoisotopic (exact) mass is 284 g/mol. The first kappa shape index (κ1) is 13.0. The van der Waals surface area contributed by atoms with Crippen LogP contribution in [0.15, 0.2) is 40.9 Å². The van der Waals surface area contributed by atoms with E-state index in [2.05, 4.69) is 9.88 Å². The summed E-state index contributed by atoms with van der Waals surface area (Å²) in [5.41, 5.74) is 1.06. The SMILES string of the molecule is OC1CCC2CN(Cc3ncc(-c4ccccc4)o3)CC12. The number of fused-ring (bicyclic) bond motifs is 1. The summed E-state index contributed by atoms with van der Waals surface area (Å²) in [6.45, 7) is 2.77. The molecule has 0 amide bonds. The van der Waals surface area contributed by atoms with Crippen LogP contribution < -0.4 is 0 Å². The van der Waals surface area contributed by atoms with Gasteiger partial charge < -0.3 is 9.52 Å². The molecule has 2 aromatic rings. The maximum Gasteiger partial charge on any atom is 0.209 e. The maximum atomic E-state index is 9.97. The molecule has 2 aliphatic rings. The van der Waals surface area contributed by atoms with Gasteiger partial charge in [0.2, 0.25) is 5.89 Å². The topological polar surface area (TPSA) is 49.5 Å². The van der Waals surface area contributed by atoms with E-state index in [9.17, 15) is 5.11 Å². The van der Waals surface area contributed by atoms with E-state index < -0.39 is 0 Å². The van der Waals surface area contributed by atoms with Crippen LogP contribution in [0.4, 0.5) is 0 Å². The Morgan fingerprint density at radius 1 is 1.19 bits per heavy atom. The Balaban J connectivity index is 1.44. The van der Waals surface area contributed by atoms with Gasteiger partial charge in [-0.3, -0.25) is 4.90 Å². The summed E-state index contributed by atoms with van der Waals surface area (Å²) in [4.78, 5) is 6.76. The van der Waals surface area contributed by atoms with Crippen LogP contribution in [0.25, 0.3) is 11.3 Å². The number of likely N-dealkylation sites (tertiary alicyclic amines) is 1. The lowest BCUT2D eigenvalue weighted by molar-refractivity contribution is 0.122. The maximum absolute atomic E-state index is 9.97. The molecule has 1 aliphatic carbocycles. The molecule has 1 aliphatic heterocycles. The first-order valence-electron chi connectivity index (χ1n) is 7.70. The normalized spacial score (nSPS) is 28.9. The van der Waals surface area contributed by atoms with Crippen LogP contribution in [0.5, 0.6) is 0 Å². The Hall–Kier alpha value is -1.65. The lowest BCUT2D eigenvalue weighted by Crippen LogP contribution is -2.24. The summed E-state index contributed by atoms with van der Waals surface area (Å²) in [6, 6.07) is 10.1. The second-order valence-corrected chi connectivity index (χ2v) is 6.25. The van der Waals surface area contributed by atoms with Crippen LogP contribution in [-0.2, 0) is 6.54 Å². The van der Waals surface area contributed by atoms with E-state index in [4.69, 9.17) is 4.42 Å². The van der Waals surface area contributed by atoms with Gasteiger partial charge in [0.15, 0.2) is 5.76 Å². The number of aromatic nitrogens is 1. The molecule has 3 atom stereocenters. The summed E-state index contributed by atoms with van der Waals surface area (Å²) in [5, 5.41) is 9.97. The van der Waals surface area contributed by atoms with Crippen molar-refractivity contribution < 1.29 is 9.52 Å². The quantitative estimate of drug-likeness (QED) is 0.941. The van der Waals surface area contributed by atoms with Gasteiger partial charge in [-0.05, 0) is 18.8 Å². The standard InChI is InChI=1S/C17H20N2O2/c20-15-7-6-13-9-19(10-14(13)15)11-17-18-8-16(21-17)12-4-2-1-3-5-12/h1-5,8,13-15,20H,6-7,9-11H2. The van der Waals surface area contributed by atoms with Gasteiger partial charge in [-0.25, -0.2) is 4.98 Å². The second kappa shape index (κ2) is 5.28. The minimum Gasteiger partial charge on any atom is -0.439 e. The van der Waals surface area contributed by atoms with Crippen molar-refractivity contribution in [2.45, 2.75) is 25.5 Å².